The zero-order valence-corrected chi connectivity index (χ0v) is 51.9. The van der Waals surface area contributed by atoms with Crippen molar-refractivity contribution in [2.75, 3.05) is 19.8 Å². The first-order valence-electron chi connectivity index (χ1n) is 33.3. The number of carbonyl (C=O) groups is 1. The smallest absolute Gasteiger partial charge is 0.220 e. The van der Waals surface area contributed by atoms with Crippen LogP contribution in [0.1, 0.15) is 251 Å². The van der Waals surface area contributed by atoms with Gasteiger partial charge < -0.3 is 65.1 Å². The van der Waals surface area contributed by atoms with Crippen molar-refractivity contribution >= 4 is 5.91 Å². The maximum atomic E-state index is 13.3. The second kappa shape index (κ2) is 53.4. The number of rotatable bonds is 53. The van der Waals surface area contributed by atoms with Crippen molar-refractivity contribution in [1.82, 2.24) is 5.32 Å². The van der Waals surface area contributed by atoms with E-state index in [9.17, 15) is 45.6 Å². The quantitative estimate of drug-likeness (QED) is 0.0204. The zero-order valence-electron chi connectivity index (χ0n) is 51.9. The lowest BCUT2D eigenvalue weighted by atomic mass is 9.97. The maximum Gasteiger partial charge on any atom is 0.220 e. The van der Waals surface area contributed by atoms with Crippen LogP contribution in [0.5, 0.6) is 0 Å². The van der Waals surface area contributed by atoms with E-state index >= 15 is 0 Å². The highest BCUT2D eigenvalue weighted by Crippen LogP contribution is 2.30. The number of aliphatic hydroxyl groups is 8. The van der Waals surface area contributed by atoms with Crippen molar-refractivity contribution in [3.8, 4) is 0 Å². The minimum absolute atomic E-state index is 0.239. The van der Waals surface area contributed by atoms with Crippen LogP contribution in [-0.4, -0.2) is 140 Å². The van der Waals surface area contributed by atoms with Gasteiger partial charge in [-0.15, -0.1) is 0 Å². The molecule has 0 bridgehead atoms. The molecule has 14 nitrogen and oxygen atoms in total. The molecule has 2 aliphatic rings. The highest BCUT2D eigenvalue weighted by Gasteiger charge is 2.51. The molecule has 0 saturated carbocycles. The molecule has 2 fully saturated rings. The molecule has 0 radical (unpaired) electrons. The van der Waals surface area contributed by atoms with Gasteiger partial charge in [-0.1, -0.05) is 259 Å². The average molecular weight is 1170 g/mol. The summed E-state index contributed by atoms with van der Waals surface area (Å²) < 4.78 is 22.9. The Morgan fingerprint density at radius 3 is 1.27 bits per heavy atom. The predicted molar refractivity (Wildman–Crippen MR) is 336 cm³/mol. The van der Waals surface area contributed by atoms with E-state index < -0.39 is 86.8 Å². The van der Waals surface area contributed by atoms with E-state index in [4.69, 9.17) is 18.9 Å². The number of aliphatic hydroxyl groups excluding tert-OH is 8. The summed E-state index contributed by atoms with van der Waals surface area (Å²) in [5, 5.41) is 87.5. The second-order valence-electron chi connectivity index (χ2n) is 23.2. The Morgan fingerprint density at radius 2 is 0.831 bits per heavy atom. The van der Waals surface area contributed by atoms with Crippen LogP contribution in [0.3, 0.4) is 0 Å². The average Bonchev–Trinajstić information content (AvgIpc) is 3.65. The largest absolute Gasteiger partial charge is 0.394 e. The Hall–Kier alpha value is -2.83. The summed E-state index contributed by atoms with van der Waals surface area (Å²) in [4.78, 5) is 13.3. The Kier molecular flexibility index (Phi) is 49.1. The van der Waals surface area contributed by atoms with Gasteiger partial charge in [0.25, 0.3) is 0 Å². The van der Waals surface area contributed by atoms with E-state index in [0.29, 0.717) is 12.8 Å². The molecular weight excluding hydrogens is 1050 g/mol. The fourth-order valence-corrected chi connectivity index (χ4v) is 10.6. The normalized spacial score (nSPS) is 24.4. The van der Waals surface area contributed by atoms with E-state index in [1.165, 1.54) is 128 Å². The van der Waals surface area contributed by atoms with Crippen LogP contribution in [0.2, 0.25) is 0 Å². The van der Waals surface area contributed by atoms with Crippen LogP contribution in [0.4, 0.5) is 0 Å². The van der Waals surface area contributed by atoms with Crippen molar-refractivity contribution < 1.29 is 64.6 Å². The molecule has 2 aliphatic heterocycles. The number of amides is 1. The molecule has 2 rings (SSSR count). The van der Waals surface area contributed by atoms with Crippen LogP contribution in [0.15, 0.2) is 85.1 Å². The Morgan fingerprint density at radius 1 is 0.446 bits per heavy atom. The molecule has 2 heterocycles. The Labute approximate surface area is 503 Å². The van der Waals surface area contributed by atoms with Gasteiger partial charge in [-0.2, -0.15) is 0 Å². The molecule has 0 aromatic carbocycles. The van der Waals surface area contributed by atoms with Crippen molar-refractivity contribution in [3.05, 3.63) is 85.1 Å². The number of nitrogens with one attached hydrogen (secondary N) is 1. The van der Waals surface area contributed by atoms with Crippen LogP contribution < -0.4 is 5.32 Å². The first-order valence-corrected chi connectivity index (χ1v) is 33.3. The van der Waals surface area contributed by atoms with Crippen LogP contribution in [-0.2, 0) is 23.7 Å². The number of ether oxygens (including phenoxy) is 4. The molecule has 480 valence electrons. The highest BCUT2D eigenvalue weighted by atomic mass is 16.7. The summed E-state index contributed by atoms with van der Waals surface area (Å²) in [6, 6.07) is -0.854. The third-order valence-electron chi connectivity index (χ3n) is 15.9. The van der Waals surface area contributed by atoms with Crippen molar-refractivity contribution in [2.45, 2.75) is 325 Å². The Balaban J connectivity index is 1.73. The minimum atomic E-state index is -1.79. The number of carbonyl (C=O) groups excluding carboxylic acids is 1. The number of unbranched alkanes of at least 4 members (excludes halogenated alkanes) is 26. The minimum Gasteiger partial charge on any atom is -0.394 e. The lowest BCUT2D eigenvalue weighted by Crippen LogP contribution is -2.65. The Bertz CT molecular complexity index is 1710. The maximum absolute atomic E-state index is 13.3. The van der Waals surface area contributed by atoms with Crippen molar-refractivity contribution in [2.24, 2.45) is 0 Å². The van der Waals surface area contributed by atoms with E-state index in [0.717, 1.165) is 89.9 Å². The first kappa shape index (κ1) is 76.3. The van der Waals surface area contributed by atoms with Gasteiger partial charge in [0.05, 0.1) is 32.0 Å². The van der Waals surface area contributed by atoms with Crippen LogP contribution >= 0.6 is 0 Å². The molecule has 0 aromatic rings. The molecule has 0 spiro atoms. The van der Waals surface area contributed by atoms with E-state index in [1.807, 2.05) is 0 Å². The molecule has 0 aromatic heterocycles. The third-order valence-corrected chi connectivity index (χ3v) is 15.9. The number of hydrogen-bond donors (Lipinski definition) is 9. The lowest BCUT2D eigenvalue weighted by Gasteiger charge is -2.46. The number of allylic oxidation sites excluding steroid dienone is 14. The van der Waals surface area contributed by atoms with Crippen LogP contribution in [0, 0.1) is 0 Å². The molecule has 12 atom stereocenters. The standard InChI is InChI=1S/C69H121NO13/c1-3-5-7-9-11-13-15-17-19-21-23-25-27-29-31-33-35-37-39-41-43-45-47-49-51-53-61(74)70-57(56-80-68-66(79)64(77)67(60(55-72)82-68)83-69-65(78)63(76)62(75)59(54-71)81-69)58(73)52-50-48-46-44-42-40-38-36-34-32-30-28-26-24-22-20-18-16-14-12-10-8-6-4-2/h5,7,11,13,17,19,23,25,29,31,35,37,41,43,57-60,62-69,71-73,75-79H,3-4,6,8-10,12,14-16,18,20-22,24,26-28,30,32-34,36,38-40,42,44-56H2,1-2H3,(H,70,74)/b7-5-,13-11-,19-17-,25-23-,31-29-,37-35-,43-41-. The van der Waals surface area contributed by atoms with Gasteiger partial charge in [-0.3, -0.25) is 4.79 Å². The monoisotopic (exact) mass is 1170 g/mol. The fourth-order valence-electron chi connectivity index (χ4n) is 10.6. The van der Waals surface area contributed by atoms with Crippen molar-refractivity contribution in [3.63, 3.8) is 0 Å². The summed E-state index contributed by atoms with van der Waals surface area (Å²) >= 11 is 0. The van der Waals surface area contributed by atoms with Gasteiger partial charge in [-0.25, -0.2) is 0 Å². The summed E-state index contributed by atoms with van der Waals surface area (Å²) in [6.07, 6.45) is 55.8. The van der Waals surface area contributed by atoms with Gasteiger partial charge in [0, 0.05) is 6.42 Å². The second-order valence-corrected chi connectivity index (χ2v) is 23.2. The van der Waals surface area contributed by atoms with E-state index in [-0.39, 0.29) is 18.9 Å². The van der Waals surface area contributed by atoms with E-state index in [2.05, 4.69) is 104 Å². The summed E-state index contributed by atoms with van der Waals surface area (Å²) in [7, 11) is 0. The molecule has 9 N–H and O–H groups in total. The van der Waals surface area contributed by atoms with Gasteiger partial charge in [-0.05, 0) is 70.6 Å². The predicted octanol–water partition coefficient (Wildman–Crippen LogP) is 12.8. The molecule has 14 heteroatoms. The first-order chi connectivity index (χ1) is 40.6. The van der Waals surface area contributed by atoms with Gasteiger partial charge in [0.1, 0.15) is 48.8 Å². The number of hydrogen-bond acceptors (Lipinski definition) is 13. The SMILES string of the molecule is CC/C=C\C/C=C\C/C=C\C/C=C\C/C=C\C/C=C\C/C=C\CCCCCC(=O)NC(COC1OC(CO)C(OC2OC(CO)C(O)C(O)C2O)C(O)C1O)C(O)CCCCCCCCCCCCCCCCCCCCCCCCCC. The molecule has 0 aliphatic carbocycles. The summed E-state index contributed by atoms with van der Waals surface area (Å²) in [6.45, 7) is 2.74. The molecule has 2 saturated heterocycles. The van der Waals surface area contributed by atoms with Gasteiger partial charge >= 0.3 is 0 Å². The summed E-state index contributed by atoms with van der Waals surface area (Å²) in [5.74, 6) is -0.239. The molecule has 83 heavy (non-hydrogen) atoms. The van der Waals surface area contributed by atoms with Crippen molar-refractivity contribution in [1.29, 1.82) is 0 Å². The third kappa shape index (κ3) is 38.1. The highest BCUT2D eigenvalue weighted by molar-refractivity contribution is 5.76. The van der Waals surface area contributed by atoms with E-state index in [1.54, 1.807) is 0 Å². The molecular formula is C69H121NO13. The summed E-state index contributed by atoms with van der Waals surface area (Å²) in [5.41, 5.74) is 0. The molecule has 1 amide bonds. The van der Waals surface area contributed by atoms with Crippen LogP contribution in [0.25, 0.3) is 0 Å². The van der Waals surface area contributed by atoms with Gasteiger partial charge in [0.15, 0.2) is 12.6 Å². The lowest BCUT2D eigenvalue weighted by molar-refractivity contribution is -0.359. The zero-order chi connectivity index (χ0) is 60.2. The topological polar surface area (TPSA) is 228 Å². The molecule has 12 unspecified atom stereocenters. The van der Waals surface area contributed by atoms with Gasteiger partial charge in [0.2, 0.25) is 5.91 Å². The fraction of sp³-hybridized carbons (Fsp3) is 0.783.